The minimum absolute atomic E-state index is 0.154. The first-order valence-electron chi connectivity index (χ1n) is 7.38. The number of piperidine rings is 1. The van der Waals surface area contributed by atoms with E-state index in [1.165, 1.54) is 8.61 Å². The van der Waals surface area contributed by atoms with Crippen LogP contribution < -0.4 is 0 Å². The number of ether oxygens (including phenoxy) is 1. The number of hydrogen-bond acceptors (Lipinski definition) is 4. The van der Waals surface area contributed by atoms with Crippen molar-refractivity contribution in [3.8, 4) is 0 Å². The van der Waals surface area contributed by atoms with E-state index >= 15 is 0 Å². The average Bonchev–Trinajstić information content (AvgIpc) is 2.37. The second kappa shape index (κ2) is 6.20. The van der Waals surface area contributed by atoms with Crippen LogP contribution in [0.1, 0.15) is 33.6 Å². The Morgan fingerprint density at radius 2 is 1.76 bits per heavy atom. The molecule has 4 atom stereocenters. The zero-order valence-corrected chi connectivity index (χ0v) is 13.5. The first kappa shape index (κ1) is 16.7. The molecule has 1 N–H and O–H groups in total. The summed E-state index contributed by atoms with van der Waals surface area (Å²) in [6, 6.07) is -0.519. The molecular weight excluding hydrogens is 296 g/mol. The summed E-state index contributed by atoms with van der Waals surface area (Å²) >= 11 is 0. The third kappa shape index (κ3) is 3.39. The Kier molecular flexibility index (Phi) is 4.92. The number of rotatable bonds is 3. The number of carboxylic acid groups (broad SMARTS) is 1. The summed E-state index contributed by atoms with van der Waals surface area (Å²) in [5, 5.41) is 9.23. The fraction of sp³-hybridized carbons (Fsp3) is 0.923. The summed E-state index contributed by atoms with van der Waals surface area (Å²) in [5.41, 5.74) is 0. The van der Waals surface area contributed by atoms with Gasteiger partial charge in [0.2, 0.25) is 0 Å². The first-order valence-corrected chi connectivity index (χ1v) is 8.78. The zero-order valence-electron chi connectivity index (χ0n) is 12.7. The van der Waals surface area contributed by atoms with Crippen molar-refractivity contribution in [3.05, 3.63) is 0 Å². The molecule has 7 nitrogen and oxygen atoms in total. The van der Waals surface area contributed by atoms with Crippen molar-refractivity contribution in [2.24, 2.45) is 5.92 Å². The third-order valence-corrected chi connectivity index (χ3v) is 6.31. The maximum atomic E-state index is 12.8. The van der Waals surface area contributed by atoms with Crippen molar-refractivity contribution in [1.82, 2.24) is 8.61 Å². The van der Waals surface area contributed by atoms with E-state index in [0.29, 0.717) is 32.5 Å². The Morgan fingerprint density at radius 1 is 1.19 bits per heavy atom. The fourth-order valence-electron chi connectivity index (χ4n) is 3.24. The largest absolute Gasteiger partial charge is 0.481 e. The molecule has 2 aliphatic rings. The van der Waals surface area contributed by atoms with Crippen molar-refractivity contribution in [3.63, 3.8) is 0 Å². The molecule has 2 heterocycles. The molecule has 2 rings (SSSR count). The molecule has 0 saturated carbocycles. The predicted octanol–water partition coefficient (Wildman–Crippen LogP) is 0.526. The lowest BCUT2D eigenvalue weighted by molar-refractivity contribution is -0.144. The van der Waals surface area contributed by atoms with Crippen LogP contribution in [0.25, 0.3) is 0 Å². The molecule has 122 valence electrons. The van der Waals surface area contributed by atoms with Crippen molar-refractivity contribution in [1.29, 1.82) is 0 Å². The molecule has 2 saturated heterocycles. The van der Waals surface area contributed by atoms with Crippen LogP contribution in [0, 0.1) is 5.92 Å². The van der Waals surface area contributed by atoms with Crippen LogP contribution in [0.5, 0.6) is 0 Å². The Bertz CT molecular complexity index is 485. The van der Waals surface area contributed by atoms with Crippen LogP contribution >= 0.6 is 0 Å². The number of hydrogen-bond donors (Lipinski definition) is 1. The Balaban J connectivity index is 2.20. The van der Waals surface area contributed by atoms with Crippen molar-refractivity contribution in [2.45, 2.75) is 51.9 Å². The van der Waals surface area contributed by atoms with E-state index < -0.39 is 28.1 Å². The molecule has 2 aliphatic heterocycles. The lowest BCUT2D eigenvalue weighted by Crippen LogP contribution is -2.57. The van der Waals surface area contributed by atoms with E-state index in [1.54, 1.807) is 6.92 Å². The van der Waals surface area contributed by atoms with Gasteiger partial charge in [0, 0.05) is 25.7 Å². The van der Waals surface area contributed by atoms with Crippen LogP contribution in [0.4, 0.5) is 0 Å². The third-order valence-electron chi connectivity index (χ3n) is 4.26. The molecule has 2 fully saturated rings. The molecule has 0 aliphatic carbocycles. The highest BCUT2D eigenvalue weighted by Crippen LogP contribution is 2.28. The molecule has 0 spiro atoms. The van der Waals surface area contributed by atoms with E-state index in [0.717, 1.165) is 0 Å². The molecule has 0 amide bonds. The lowest BCUT2D eigenvalue weighted by Gasteiger charge is -2.42. The molecule has 0 aromatic heterocycles. The van der Waals surface area contributed by atoms with Crippen LogP contribution in [-0.2, 0) is 19.7 Å². The van der Waals surface area contributed by atoms with Gasteiger partial charge < -0.3 is 9.84 Å². The normalized spacial score (nSPS) is 36.5. The molecule has 8 heteroatoms. The Hall–Kier alpha value is -0.700. The van der Waals surface area contributed by atoms with Gasteiger partial charge in [-0.25, -0.2) is 0 Å². The summed E-state index contributed by atoms with van der Waals surface area (Å²) in [6.45, 7) is 6.38. The molecule has 0 radical (unpaired) electrons. The van der Waals surface area contributed by atoms with Gasteiger partial charge in [-0.1, -0.05) is 0 Å². The highest BCUT2D eigenvalue weighted by atomic mass is 32.2. The van der Waals surface area contributed by atoms with Gasteiger partial charge in [0.25, 0.3) is 10.2 Å². The van der Waals surface area contributed by atoms with E-state index in [2.05, 4.69) is 0 Å². The standard InChI is InChI=1S/C13H24N2O5S/c1-9-7-14(8-10(2)20-9)21(18,19)15-6-4-5-12(11(15)3)13(16)17/h9-12H,4-8H2,1-3H3,(H,16,17)/t9?,10?,11-,12-/m0/s1. The van der Waals surface area contributed by atoms with Crippen LogP contribution in [0.15, 0.2) is 0 Å². The van der Waals surface area contributed by atoms with E-state index in [1.807, 2.05) is 13.8 Å². The SMILES string of the molecule is CC1CN(S(=O)(=O)N2CCC[C@H](C(=O)O)[C@@H]2C)CC(C)O1. The minimum Gasteiger partial charge on any atom is -0.481 e. The summed E-state index contributed by atoms with van der Waals surface area (Å²) < 4.78 is 34.0. The van der Waals surface area contributed by atoms with Crippen LogP contribution in [-0.4, -0.2) is 66.0 Å². The summed E-state index contributed by atoms with van der Waals surface area (Å²) in [7, 11) is -3.64. The van der Waals surface area contributed by atoms with Gasteiger partial charge in [-0.3, -0.25) is 4.79 Å². The first-order chi connectivity index (χ1) is 9.73. The maximum absolute atomic E-state index is 12.8. The summed E-state index contributed by atoms with van der Waals surface area (Å²) in [4.78, 5) is 11.3. The molecule has 0 aromatic carbocycles. The van der Waals surface area contributed by atoms with Gasteiger partial charge in [0.05, 0.1) is 18.1 Å². The minimum atomic E-state index is -3.64. The van der Waals surface area contributed by atoms with E-state index in [-0.39, 0.29) is 12.2 Å². The second-order valence-corrected chi connectivity index (χ2v) is 7.90. The van der Waals surface area contributed by atoms with E-state index in [4.69, 9.17) is 4.74 Å². The van der Waals surface area contributed by atoms with Gasteiger partial charge in [0.15, 0.2) is 0 Å². The predicted molar refractivity (Wildman–Crippen MR) is 77.0 cm³/mol. The average molecular weight is 320 g/mol. The molecule has 2 unspecified atom stereocenters. The van der Waals surface area contributed by atoms with Gasteiger partial charge >= 0.3 is 5.97 Å². The summed E-state index contributed by atoms with van der Waals surface area (Å²) in [6.07, 6.45) is 0.798. The Labute approximate surface area is 126 Å². The van der Waals surface area contributed by atoms with Gasteiger partial charge in [-0.05, 0) is 33.6 Å². The van der Waals surface area contributed by atoms with Crippen molar-refractivity contribution in [2.75, 3.05) is 19.6 Å². The zero-order chi connectivity index (χ0) is 15.8. The number of nitrogens with zero attached hydrogens (tertiary/aromatic N) is 2. The highest BCUT2D eigenvalue weighted by Gasteiger charge is 2.43. The van der Waals surface area contributed by atoms with Gasteiger partial charge in [-0.2, -0.15) is 17.0 Å². The second-order valence-electron chi connectivity index (χ2n) is 6.02. The number of carbonyl (C=O) groups is 1. The maximum Gasteiger partial charge on any atom is 0.308 e. The smallest absolute Gasteiger partial charge is 0.308 e. The quantitative estimate of drug-likeness (QED) is 0.819. The van der Waals surface area contributed by atoms with Crippen LogP contribution in [0.3, 0.4) is 0 Å². The van der Waals surface area contributed by atoms with Crippen molar-refractivity contribution >= 4 is 16.2 Å². The van der Waals surface area contributed by atoms with Gasteiger partial charge in [0.1, 0.15) is 0 Å². The monoisotopic (exact) mass is 320 g/mol. The molecule has 21 heavy (non-hydrogen) atoms. The lowest BCUT2D eigenvalue weighted by atomic mass is 9.92. The molecule has 0 bridgehead atoms. The fourth-order valence-corrected chi connectivity index (χ4v) is 5.26. The summed E-state index contributed by atoms with van der Waals surface area (Å²) in [5.74, 6) is -1.56. The van der Waals surface area contributed by atoms with Gasteiger partial charge in [-0.15, -0.1) is 0 Å². The number of morpholine rings is 1. The molecular formula is C13H24N2O5S. The van der Waals surface area contributed by atoms with Crippen molar-refractivity contribution < 1.29 is 23.1 Å². The Morgan fingerprint density at radius 3 is 2.29 bits per heavy atom. The van der Waals surface area contributed by atoms with E-state index in [9.17, 15) is 18.3 Å². The topological polar surface area (TPSA) is 87.2 Å². The number of carboxylic acids is 1. The molecule has 0 aromatic rings. The number of aliphatic carboxylic acids is 1. The highest BCUT2D eigenvalue weighted by molar-refractivity contribution is 7.86. The van der Waals surface area contributed by atoms with Crippen LogP contribution in [0.2, 0.25) is 0 Å².